The molecule has 1 heterocycles. The van der Waals surface area contributed by atoms with Crippen LogP contribution in [0, 0.1) is 12.8 Å². The summed E-state index contributed by atoms with van der Waals surface area (Å²) in [6.45, 7) is 4.27. The number of aliphatic hydroxyl groups is 1. The molecule has 0 spiro atoms. The third kappa shape index (κ3) is 3.16. The number of amides is 2. The molecule has 2 atom stereocenters. The molecule has 6 nitrogen and oxygen atoms in total. The SMILES string of the molecule is Cc1cc(NC(=O)N2CCC(C)C2CO)ccc1C(=O)O. The van der Waals surface area contributed by atoms with E-state index in [-0.39, 0.29) is 30.2 Å². The summed E-state index contributed by atoms with van der Waals surface area (Å²) < 4.78 is 0. The number of hydrogen-bond acceptors (Lipinski definition) is 3. The number of anilines is 1. The minimum absolute atomic E-state index is 0.0500. The lowest BCUT2D eigenvalue weighted by molar-refractivity contribution is 0.0696. The van der Waals surface area contributed by atoms with Crippen LogP contribution in [0.1, 0.15) is 29.3 Å². The maximum atomic E-state index is 12.2. The molecule has 0 bridgehead atoms. The number of nitrogens with one attached hydrogen (secondary N) is 1. The molecular formula is C15H20N2O4. The van der Waals surface area contributed by atoms with Crippen molar-refractivity contribution in [1.29, 1.82) is 0 Å². The van der Waals surface area contributed by atoms with E-state index in [4.69, 9.17) is 5.11 Å². The Morgan fingerprint density at radius 3 is 2.71 bits per heavy atom. The van der Waals surface area contributed by atoms with Crippen molar-refractivity contribution >= 4 is 17.7 Å². The van der Waals surface area contributed by atoms with E-state index in [0.717, 1.165) is 6.42 Å². The van der Waals surface area contributed by atoms with E-state index in [1.165, 1.54) is 6.07 Å². The highest BCUT2D eigenvalue weighted by Crippen LogP contribution is 2.24. The van der Waals surface area contributed by atoms with Gasteiger partial charge < -0.3 is 20.4 Å². The van der Waals surface area contributed by atoms with Crippen LogP contribution in [0.3, 0.4) is 0 Å². The number of carbonyl (C=O) groups is 2. The Hall–Kier alpha value is -2.08. The van der Waals surface area contributed by atoms with Gasteiger partial charge in [-0.3, -0.25) is 0 Å². The Morgan fingerprint density at radius 2 is 2.14 bits per heavy atom. The lowest BCUT2D eigenvalue weighted by Gasteiger charge is -2.25. The number of aromatic carboxylic acids is 1. The largest absolute Gasteiger partial charge is 0.478 e. The third-order valence-corrected chi connectivity index (χ3v) is 4.04. The maximum absolute atomic E-state index is 12.2. The number of likely N-dealkylation sites (tertiary alicyclic amines) is 1. The summed E-state index contributed by atoms with van der Waals surface area (Å²) in [5.74, 6) is -0.712. The maximum Gasteiger partial charge on any atom is 0.335 e. The normalized spacial score (nSPS) is 21.4. The fraction of sp³-hybridized carbons (Fsp3) is 0.467. The molecule has 2 amide bonds. The van der Waals surface area contributed by atoms with Crippen LogP contribution in [0.4, 0.5) is 10.5 Å². The Morgan fingerprint density at radius 1 is 1.43 bits per heavy atom. The van der Waals surface area contributed by atoms with E-state index in [2.05, 4.69) is 5.32 Å². The van der Waals surface area contributed by atoms with Crippen LogP contribution >= 0.6 is 0 Å². The molecule has 21 heavy (non-hydrogen) atoms. The summed E-state index contributed by atoms with van der Waals surface area (Å²) in [4.78, 5) is 24.8. The summed E-state index contributed by atoms with van der Waals surface area (Å²) in [6, 6.07) is 4.25. The molecular weight excluding hydrogens is 272 g/mol. The molecule has 3 N–H and O–H groups in total. The van der Waals surface area contributed by atoms with Crippen LogP contribution < -0.4 is 5.32 Å². The fourth-order valence-corrected chi connectivity index (χ4v) is 2.72. The average molecular weight is 292 g/mol. The summed E-state index contributed by atoms with van der Waals surface area (Å²) in [7, 11) is 0. The standard InChI is InChI=1S/C15H20N2O4/c1-9-5-6-17(13(9)8-18)15(21)16-11-3-4-12(14(19)20)10(2)7-11/h3-4,7,9,13,18H,5-6,8H2,1-2H3,(H,16,21)(H,19,20). The molecule has 6 heteroatoms. The zero-order valence-electron chi connectivity index (χ0n) is 12.2. The molecule has 1 saturated heterocycles. The number of nitrogens with zero attached hydrogens (tertiary/aromatic N) is 1. The summed E-state index contributed by atoms with van der Waals surface area (Å²) in [5.41, 5.74) is 1.36. The molecule has 1 aromatic carbocycles. The van der Waals surface area contributed by atoms with E-state index in [0.29, 0.717) is 17.8 Å². The Kier molecular flexibility index (Phi) is 4.47. The first-order valence-corrected chi connectivity index (χ1v) is 6.96. The van der Waals surface area contributed by atoms with Crippen molar-refractivity contribution in [2.24, 2.45) is 5.92 Å². The van der Waals surface area contributed by atoms with E-state index in [1.54, 1.807) is 24.0 Å². The number of hydrogen-bond donors (Lipinski definition) is 3. The first-order valence-electron chi connectivity index (χ1n) is 6.96. The number of urea groups is 1. The van der Waals surface area contributed by atoms with Crippen molar-refractivity contribution in [2.75, 3.05) is 18.5 Å². The topological polar surface area (TPSA) is 89.9 Å². The molecule has 0 aromatic heterocycles. The predicted molar refractivity (Wildman–Crippen MR) is 78.5 cm³/mol. The quantitative estimate of drug-likeness (QED) is 0.794. The summed E-state index contributed by atoms with van der Waals surface area (Å²) >= 11 is 0. The highest BCUT2D eigenvalue weighted by molar-refractivity contribution is 5.93. The van der Waals surface area contributed by atoms with Crippen LogP contribution in [-0.4, -0.2) is 46.3 Å². The highest BCUT2D eigenvalue weighted by atomic mass is 16.4. The van der Waals surface area contributed by atoms with Crippen LogP contribution in [0.5, 0.6) is 0 Å². The second kappa shape index (κ2) is 6.13. The van der Waals surface area contributed by atoms with Gasteiger partial charge in [0.25, 0.3) is 0 Å². The zero-order valence-corrected chi connectivity index (χ0v) is 12.2. The van der Waals surface area contributed by atoms with Gasteiger partial charge in [-0.25, -0.2) is 9.59 Å². The van der Waals surface area contributed by atoms with Gasteiger partial charge in [-0.2, -0.15) is 0 Å². The molecule has 2 rings (SSSR count). The minimum atomic E-state index is -0.987. The smallest absolute Gasteiger partial charge is 0.335 e. The number of carboxylic acid groups (broad SMARTS) is 1. The van der Waals surface area contributed by atoms with E-state index in [1.807, 2.05) is 6.92 Å². The van der Waals surface area contributed by atoms with Crippen molar-refractivity contribution in [2.45, 2.75) is 26.3 Å². The van der Waals surface area contributed by atoms with Crippen LogP contribution in [-0.2, 0) is 0 Å². The van der Waals surface area contributed by atoms with Gasteiger partial charge in [-0.05, 0) is 43.0 Å². The van der Waals surface area contributed by atoms with Gasteiger partial charge in [0, 0.05) is 12.2 Å². The average Bonchev–Trinajstić information content (AvgIpc) is 2.79. The lowest BCUT2D eigenvalue weighted by Crippen LogP contribution is -2.42. The van der Waals surface area contributed by atoms with Crippen molar-refractivity contribution < 1.29 is 19.8 Å². The molecule has 0 aliphatic carbocycles. The van der Waals surface area contributed by atoms with Gasteiger partial charge in [-0.15, -0.1) is 0 Å². The second-order valence-electron chi connectivity index (χ2n) is 5.47. The van der Waals surface area contributed by atoms with Gasteiger partial charge in [0.15, 0.2) is 0 Å². The fourth-order valence-electron chi connectivity index (χ4n) is 2.72. The number of rotatable bonds is 3. The van der Waals surface area contributed by atoms with Gasteiger partial charge in [0.1, 0.15) is 0 Å². The molecule has 2 unspecified atom stereocenters. The second-order valence-corrected chi connectivity index (χ2v) is 5.47. The lowest BCUT2D eigenvalue weighted by atomic mass is 10.0. The number of carboxylic acids is 1. The Balaban J connectivity index is 2.10. The van der Waals surface area contributed by atoms with Gasteiger partial charge >= 0.3 is 12.0 Å². The van der Waals surface area contributed by atoms with E-state index >= 15 is 0 Å². The molecule has 0 saturated carbocycles. The molecule has 1 aliphatic heterocycles. The van der Waals surface area contributed by atoms with Crippen molar-refractivity contribution in [3.8, 4) is 0 Å². The van der Waals surface area contributed by atoms with Crippen molar-refractivity contribution in [1.82, 2.24) is 4.90 Å². The van der Waals surface area contributed by atoms with Gasteiger partial charge in [0.05, 0.1) is 18.2 Å². The van der Waals surface area contributed by atoms with Crippen LogP contribution in [0.25, 0.3) is 0 Å². The molecule has 0 radical (unpaired) electrons. The van der Waals surface area contributed by atoms with Crippen molar-refractivity contribution in [3.63, 3.8) is 0 Å². The third-order valence-electron chi connectivity index (χ3n) is 4.04. The van der Waals surface area contributed by atoms with Gasteiger partial charge in [0.2, 0.25) is 0 Å². The van der Waals surface area contributed by atoms with Crippen LogP contribution in [0.2, 0.25) is 0 Å². The summed E-state index contributed by atoms with van der Waals surface area (Å²) in [5, 5.41) is 21.1. The molecule has 1 aliphatic rings. The Labute approximate surface area is 123 Å². The molecule has 1 aromatic rings. The highest BCUT2D eigenvalue weighted by Gasteiger charge is 2.33. The van der Waals surface area contributed by atoms with Crippen LogP contribution in [0.15, 0.2) is 18.2 Å². The number of aliphatic hydroxyl groups excluding tert-OH is 1. The predicted octanol–water partition coefficient (Wildman–Crippen LogP) is 1.93. The molecule has 1 fully saturated rings. The molecule has 114 valence electrons. The van der Waals surface area contributed by atoms with E-state index in [9.17, 15) is 14.7 Å². The first kappa shape index (κ1) is 15.3. The number of carbonyl (C=O) groups excluding carboxylic acids is 1. The summed E-state index contributed by atoms with van der Waals surface area (Å²) in [6.07, 6.45) is 0.871. The zero-order chi connectivity index (χ0) is 15.6. The number of aryl methyl sites for hydroxylation is 1. The van der Waals surface area contributed by atoms with Crippen molar-refractivity contribution in [3.05, 3.63) is 29.3 Å². The first-order chi connectivity index (χ1) is 9.93. The Bertz CT molecular complexity index is 559. The number of benzene rings is 1. The minimum Gasteiger partial charge on any atom is -0.478 e. The van der Waals surface area contributed by atoms with Gasteiger partial charge in [-0.1, -0.05) is 6.92 Å². The van der Waals surface area contributed by atoms with E-state index < -0.39 is 5.97 Å². The monoisotopic (exact) mass is 292 g/mol.